The van der Waals surface area contributed by atoms with Crippen molar-refractivity contribution in [3.05, 3.63) is 29.2 Å². The minimum absolute atomic E-state index is 0.0489. The standard InChI is InChI=1S/C21H29F3N6O/c1-4-13-9-18(21(22,23)24)30-19(25-13)11-15(28-30)17-7-5-6-8-29(17)20(31)16-10-14(12(2)3)26-27-16/h10-13,17-18,25H,4-9H2,1-3H3,(H,26,27)/t13-,17+,18-/m1/s1. The number of amides is 1. The van der Waals surface area contributed by atoms with E-state index in [1.165, 1.54) is 0 Å². The van der Waals surface area contributed by atoms with Crippen molar-refractivity contribution in [3.8, 4) is 0 Å². The maximum absolute atomic E-state index is 13.7. The van der Waals surface area contributed by atoms with E-state index in [0.29, 0.717) is 36.6 Å². The third-order valence-electron chi connectivity index (χ3n) is 6.32. The molecule has 2 aromatic heterocycles. The molecule has 3 atom stereocenters. The fourth-order valence-electron chi connectivity index (χ4n) is 4.47. The van der Waals surface area contributed by atoms with Gasteiger partial charge in [0, 0.05) is 24.3 Å². The van der Waals surface area contributed by atoms with Gasteiger partial charge in [0.15, 0.2) is 6.04 Å². The summed E-state index contributed by atoms with van der Waals surface area (Å²) in [6.07, 6.45) is -1.43. The molecular formula is C21H29F3N6O. The summed E-state index contributed by atoms with van der Waals surface area (Å²) in [6.45, 7) is 6.42. The van der Waals surface area contributed by atoms with Crippen LogP contribution >= 0.6 is 0 Å². The smallest absolute Gasteiger partial charge is 0.367 e. The van der Waals surface area contributed by atoms with Crippen LogP contribution in [0.3, 0.4) is 0 Å². The summed E-state index contributed by atoms with van der Waals surface area (Å²) >= 11 is 0. The highest BCUT2D eigenvalue weighted by atomic mass is 19.4. The lowest BCUT2D eigenvalue weighted by molar-refractivity contribution is -0.173. The van der Waals surface area contributed by atoms with Crippen LogP contribution < -0.4 is 5.32 Å². The Morgan fingerprint density at radius 2 is 2.06 bits per heavy atom. The first-order valence-electron chi connectivity index (χ1n) is 11.0. The predicted octanol–water partition coefficient (Wildman–Crippen LogP) is 4.79. The number of hydrogen-bond donors (Lipinski definition) is 2. The summed E-state index contributed by atoms with van der Waals surface area (Å²) in [5, 5.41) is 14.6. The molecule has 1 fully saturated rings. The Morgan fingerprint density at radius 1 is 1.29 bits per heavy atom. The van der Waals surface area contributed by atoms with Gasteiger partial charge in [0.1, 0.15) is 11.5 Å². The number of fused-ring (bicyclic) bond motifs is 1. The maximum Gasteiger partial charge on any atom is 0.410 e. The molecule has 0 saturated carbocycles. The molecule has 170 valence electrons. The number of nitrogens with one attached hydrogen (secondary N) is 2. The number of hydrogen-bond acceptors (Lipinski definition) is 4. The first kappa shape index (κ1) is 21.7. The molecule has 31 heavy (non-hydrogen) atoms. The topological polar surface area (TPSA) is 78.8 Å². The van der Waals surface area contributed by atoms with Crippen molar-refractivity contribution in [2.75, 3.05) is 11.9 Å². The number of halogens is 3. The van der Waals surface area contributed by atoms with Crippen molar-refractivity contribution < 1.29 is 18.0 Å². The van der Waals surface area contributed by atoms with Gasteiger partial charge in [-0.1, -0.05) is 20.8 Å². The number of anilines is 1. The number of carbonyl (C=O) groups excluding carboxylic acids is 1. The molecule has 0 aliphatic carbocycles. The molecule has 4 rings (SSSR count). The average molecular weight is 438 g/mol. The molecule has 0 aromatic carbocycles. The van der Waals surface area contributed by atoms with Gasteiger partial charge in [0.25, 0.3) is 5.91 Å². The number of likely N-dealkylation sites (tertiary alicyclic amines) is 1. The van der Waals surface area contributed by atoms with Crippen molar-refractivity contribution in [3.63, 3.8) is 0 Å². The van der Waals surface area contributed by atoms with Crippen LogP contribution in [0.5, 0.6) is 0 Å². The van der Waals surface area contributed by atoms with E-state index in [4.69, 9.17) is 0 Å². The van der Waals surface area contributed by atoms with Crippen LogP contribution in [0.15, 0.2) is 12.1 Å². The Morgan fingerprint density at radius 3 is 2.71 bits per heavy atom. The van der Waals surface area contributed by atoms with Crippen molar-refractivity contribution >= 4 is 11.7 Å². The lowest BCUT2D eigenvalue weighted by atomic mass is 9.98. The summed E-state index contributed by atoms with van der Waals surface area (Å²) < 4.78 is 42.2. The van der Waals surface area contributed by atoms with Crippen LogP contribution in [0.25, 0.3) is 0 Å². The van der Waals surface area contributed by atoms with E-state index in [1.54, 1.807) is 17.0 Å². The second kappa shape index (κ2) is 8.20. The molecule has 4 heterocycles. The van der Waals surface area contributed by atoms with Gasteiger partial charge in [-0.3, -0.25) is 9.89 Å². The van der Waals surface area contributed by atoms with E-state index in [1.807, 2.05) is 20.8 Å². The largest absolute Gasteiger partial charge is 0.410 e. The molecule has 0 unspecified atom stereocenters. The van der Waals surface area contributed by atoms with Gasteiger partial charge in [-0.25, -0.2) is 4.68 Å². The third-order valence-corrected chi connectivity index (χ3v) is 6.32. The molecule has 2 aliphatic rings. The van der Waals surface area contributed by atoms with Gasteiger partial charge in [0.2, 0.25) is 0 Å². The summed E-state index contributed by atoms with van der Waals surface area (Å²) in [6, 6.07) is 1.15. The normalized spacial score (nSPS) is 24.2. The quantitative estimate of drug-likeness (QED) is 0.719. The highest BCUT2D eigenvalue weighted by Gasteiger charge is 2.46. The Bertz CT molecular complexity index is 934. The van der Waals surface area contributed by atoms with E-state index >= 15 is 0 Å². The van der Waals surface area contributed by atoms with Gasteiger partial charge in [-0.2, -0.15) is 23.4 Å². The van der Waals surface area contributed by atoms with Gasteiger partial charge < -0.3 is 10.2 Å². The average Bonchev–Trinajstić information content (AvgIpc) is 3.39. The zero-order valence-corrected chi connectivity index (χ0v) is 18.0. The zero-order valence-electron chi connectivity index (χ0n) is 18.0. The highest BCUT2D eigenvalue weighted by Crippen LogP contribution is 2.42. The number of aromatic nitrogens is 4. The number of nitrogens with zero attached hydrogens (tertiary/aromatic N) is 4. The number of alkyl halides is 3. The van der Waals surface area contributed by atoms with E-state index in [-0.39, 0.29) is 30.3 Å². The summed E-state index contributed by atoms with van der Waals surface area (Å²) in [7, 11) is 0. The molecular weight excluding hydrogens is 409 g/mol. The van der Waals surface area contributed by atoms with E-state index in [9.17, 15) is 18.0 Å². The first-order chi connectivity index (χ1) is 14.7. The van der Waals surface area contributed by atoms with Crippen molar-refractivity contribution in [2.24, 2.45) is 0 Å². The number of piperidine rings is 1. The number of carbonyl (C=O) groups is 1. The molecule has 7 nitrogen and oxygen atoms in total. The van der Waals surface area contributed by atoms with Crippen molar-refractivity contribution in [1.29, 1.82) is 0 Å². The summed E-state index contributed by atoms with van der Waals surface area (Å²) in [4.78, 5) is 14.9. The van der Waals surface area contributed by atoms with Gasteiger partial charge in [0.05, 0.1) is 11.7 Å². The van der Waals surface area contributed by atoms with Crippen LogP contribution in [0.2, 0.25) is 0 Å². The molecule has 2 aromatic rings. The SMILES string of the molecule is CC[C@@H]1C[C@H](C(F)(F)F)n2nc([C@@H]3CCCCN3C(=O)c3cc(C(C)C)[nH]n3)cc2N1. The van der Waals surface area contributed by atoms with Gasteiger partial charge >= 0.3 is 6.18 Å². The Balaban J connectivity index is 1.64. The second-order valence-corrected chi connectivity index (χ2v) is 8.81. The molecule has 1 amide bonds. The number of aromatic amines is 1. The molecule has 1 saturated heterocycles. The lowest BCUT2D eigenvalue weighted by Crippen LogP contribution is -2.40. The monoisotopic (exact) mass is 438 g/mol. The van der Waals surface area contributed by atoms with Crippen LogP contribution in [0.1, 0.15) is 92.8 Å². The number of H-pyrrole nitrogens is 1. The second-order valence-electron chi connectivity index (χ2n) is 8.81. The fourth-order valence-corrected chi connectivity index (χ4v) is 4.47. The fraction of sp³-hybridized carbons (Fsp3) is 0.667. The predicted molar refractivity (Wildman–Crippen MR) is 110 cm³/mol. The van der Waals surface area contributed by atoms with E-state index < -0.39 is 12.2 Å². The third kappa shape index (κ3) is 4.16. The minimum atomic E-state index is -4.38. The molecule has 10 heteroatoms. The molecule has 0 bridgehead atoms. The van der Waals surface area contributed by atoms with Crippen molar-refractivity contribution in [2.45, 2.75) is 83.1 Å². The molecule has 0 radical (unpaired) electrons. The van der Waals surface area contributed by atoms with Gasteiger partial charge in [-0.15, -0.1) is 0 Å². The first-order valence-corrected chi connectivity index (χ1v) is 11.0. The Kier molecular flexibility index (Phi) is 5.74. The number of rotatable bonds is 4. The Labute approximate surface area is 179 Å². The molecule has 2 N–H and O–H groups in total. The Hall–Kier alpha value is -2.52. The van der Waals surface area contributed by atoms with Gasteiger partial charge in [-0.05, 0) is 44.1 Å². The maximum atomic E-state index is 13.7. The summed E-state index contributed by atoms with van der Waals surface area (Å²) in [5.41, 5.74) is 1.70. The zero-order chi connectivity index (χ0) is 22.3. The van der Waals surface area contributed by atoms with Crippen molar-refractivity contribution in [1.82, 2.24) is 24.9 Å². The van der Waals surface area contributed by atoms with Crippen LogP contribution in [-0.4, -0.2) is 49.5 Å². The molecule has 2 aliphatic heterocycles. The lowest BCUT2D eigenvalue weighted by Gasteiger charge is -2.34. The van der Waals surface area contributed by atoms with E-state index in [0.717, 1.165) is 23.2 Å². The molecule has 0 spiro atoms. The van der Waals surface area contributed by atoms with Crippen LogP contribution in [-0.2, 0) is 0 Å². The minimum Gasteiger partial charge on any atom is -0.367 e. The van der Waals surface area contributed by atoms with Crippen LogP contribution in [0, 0.1) is 0 Å². The highest BCUT2D eigenvalue weighted by molar-refractivity contribution is 5.92. The van der Waals surface area contributed by atoms with E-state index in [2.05, 4.69) is 20.6 Å². The van der Waals surface area contributed by atoms with Crippen LogP contribution in [0.4, 0.5) is 19.0 Å². The summed E-state index contributed by atoms with van der Waals surface area (Å²) in [5.74, 6) is 0.365.